The molecule has 0 aliphatic heterocycles. The van der Waals surface area contributed by atoms with Crippen LogP contribution < -0.4 is 0 Å². The van der Waals surface area contributed by atoms with Crippen LogP contribution in [0.4, 0.5) is 0 Å². The maximum absolute atomic E-state index is 12.8. The Hall–Kier alpha value is -2.07. The van der Waals surface area contributed by atoms with Crippen molar-refractivity contribution in [1.82, 2.24) is 9.47 Å². The van der Waals surface area contributed by atoms with Crippen LogP contribution in [0.15, 0.2) is 47.8 Å². The summed E-state index contributed by atoms with van der Waals surface area (Å²) in [6, 6.07) is 14.4. The van der Waals surface area contributed by atoms with Crippen LogP contribution >= 0.6 is 11.3 Å². The maximum Gasteiger partial charge on any atom is 0.270 e. The quantitative estimate of drug-likeness (QED) is 0.692. The Morgan fingerprint density at radius 3 is 2.55 bits per heavy atom. The predicted octanol–water partition coefficient (Wildman–Crippen LogP) is 4.23. The highest BCUT2D eigenvalue weighted by atomic mass is 32.1. The van der Waals surface area contributed by atoms with Crippen LogP contribution in [0.1, 0.15) is 29.9 Å². The van der Waals surface area contributed by atoms with E-state index in [-0.39, 0.29) is 5.91 Å². The monoisotopic (exact) mass is 312 g/mol. The van der Waals surface area contributed by atoms with E-state index in [1.165, 1.54) is 10.3 Å². The van der Waals surface area contributed by atoms with Crippen LogP contribution in [0.5, 0.6) is 0 Å². The van der Waals surface area contributed by atoms with E-state index < -0.39 is 0 Å². The van der Waals surface area contributed by atoms with Gasteiger partial charge in [-0.3, -0.25) is 4.79 Å². The van der Waals surface area contributed by atoms with Crippen molar-refractivity contribution in [2.45, 2.75) is 20.4 Å². The van der Waals surface area contributed by atoms with Crippen LogP contribution in [-0.4, -0.2) is 28.5 Å². The second-order valence-electron chi connectivity index (χ2n) is 5.25. The zero-order chi connectivity index (χ0) is 15.5. The zero-order valence-corrected chi connectivity index (χ0v) is 13.8. The van der Waals surface area contributed by atoms with E-state index in [0.717, 1.165) is 30.8 Å². The molecule has 1 aromatic carbocycles. The average molecular weight is 312 g/mol. The number of benzene rings is 1. The third kappa shape index (κ3) is 2.66. The fourth-order valence-corrected chi connectivity index (χ4v) is 3.59. The van der Waals surface area contributed by atoms with E-state index in [1.807, 2.05) is 43.0 Å². The van der Waals surface area contributed by atoms with Crippen LogP contribution in [0, 0.1) is 0 Å². The fourth-order valence-electron chi connectivity index (χ4n) is 2.76. The lowest BCUT2D eigenvalue weighted by atomic mass is 10.2. The highest BCUT2D eigenvalue weighted by molar-refractivity contribution is 7.17. The Bertz CT molecular complexity index is 769. The number of hydrogen-bond acceptors (Lipinski definition) is 2. The second-order valence-corrected chi connectivity index (χ2v) is 6.20. The topological polar surface area (TPSA) is 25.2 Å². The van der Waals surface area contributed by atoms with Gasteiger partial charge in [-0.05, 0) is 36.9 Å². The van der Waals surface area contributed by atoms with E-state index >= 15 is 0 Å². The number of thiophene rings is 1. The van der Waals surface area contributed by atoms with Gasteiger partial charge in [0.2, 0.25) is 0 Å². The molecule has 2 heterocycles. The Balaban J connectivity index is 2.04. The number of rotatable bonds is 5. The van der Waals surface area contributed by atoms with E-state index in [1.54, 1.807) is 11.3 Å². The molecule has 22 heavy (non-hydrogen) atoms. The molecular formula is C18H20N2OS. The van der Waals surface area contributed by atoms with E-state index in [0.29, 0.717) is 0 Å². The first-order valence-electron chi connectivity index (χ1n) is 7.64. The highest BCUT2D eigenvalue weighted by Crippen LogP contribution is 2.27. The SMILES string of the molecule is CCN(CC)C(=O)c1cc2sccc2n1Cc1ccccc1. The summed E-state index contributed by atoms with van der Waals surface area (Å²) in [6.45, 7) is 6.24. The van der Waals surface area contributed by atoms with Crippen LogP contribution in [0.3, 0.4) is 0 Å². The van der Waals surface area contributed by atoms with Gasteiger partial charge in [0.25, 0.3) is 5.91 Å². The van der Waals surface area contributed by atoms with Gasteiger partial charge in [-0.1, -0.05) is 30.3 Å². The molecule has 0 saturated heterocycles. The predicted molar refractivity (Wildman–Crippen MR) is 92.6 cm³/mol. The molecule has 0 aliphatic rings. The molecule has 0 atom stereocenters. The molecule has 2 aromatic heterocycles. The van der Waals surface area contributed by atoms with Crippen molar-refractivity contribution in [1.29, 1.82) is 0 Å². The summed E-state index contributed by atoms with van der Waals surface area (Å²) < 4.78 is 3.31. The van der Waals surface area contributed by atoms with Crippen molar-refractivity contribution in [3.05, 3.63) is 59.1 Å². The lowest BCUT2D eigenvalue weighted by Crippen LogP contribution is -2.32. The summed E-state index contributed by atoms with van der Waals surface area (Å²) in [4.78, 5) is 14.7. The number of hydrogen-bond donors (Lipinski definition) is 0. The van der Waals surface area contributed by atoms with Gasteiger partial charge in [0.1, 0.15) is 5.69 Å². The van der Waals surface area contributed by atoms with Gasteiger partial charge in [-0.2, -0.15) is 0 Å². The number of carbonyl (C=O) groups excluding carboxylic acids is 1. The van der Waals surface area contributed by atoms with Gasteiger partial charge in [-0.15, -0.1) is 11.3 Å². The number of carbonyl (C=O) groups is 1. The number of fused-ring (bicyclic) bond motifs is 1. The first-order chi connectivity index (χ1) is 10.7. The van der Waals surface area contributed by atoms with Gasteiger partial charge >= 0.3 is 0 Å². The molecule has 0 aliphatic carbocycles. The van der Waals surface area contributed by atoms with Crippen molar-refractivity contribution < 1.29 is 4.79 Å². The summed E-state index contributed by atoms with van der Waals surface area (Å²) in [5.41, 5.74) is 3.14. The maximum atomic E-state index is 12.8. The third-order valence-corrected chi connectivity index (χ3v) is 4.83. The fraction of sp³-hybridized carbons (Fsp3) is 0.278. The first kappa shape index (κ1) is 14.9. The standard InChI is InChI=1S/C18H20N2OS/c1-3-19(4-2)18(21)16-12-17-15(10-11-22-17)20(16)13-14-8-6-5-7-9-14/h5-12H,3-4,13H2,1-2H3. The molecule has 3 nitrogen and oxygen atoms in total. The van der Waals surface area contributed by atoms with Crippen molar-refractivity contribution in [2.75, 3.05) is 13.1 Å². The molecule has 0 N–H and O–H groups in total. The van der Waals surface area contributed by atoms with Crippen LogP contribution in [0.25, 0.3) is 10.2 Å². The van der Waals surface area contributed by atoms with Crippen molar-refractivity contribution in [3.63, 3.8) is 0 Å². The minimum absolute atomic E-state index is 0.115. The molecule has 3 aromatic rings. The molecule has 4 heteroatoms. The molecule has 1 amide bonds. The Morgan fingerprint density at radius 1 is 1.14 bits per heavy atom. The molecule has 3 rings (SSSR count). The summed E-state index contributed by atoms with van der Waals surface area (Å²) in [7, 11) is 0. The summed E-state index contributed by atoms with van der Waals surface area (Å²) in [6.07, 6.45) is 0. The molecule has 0 spiro atoms. The van der Waals surface area contributed by atoms with Gasteiger partial charge in [0.15, 0.2) is 0 Å². The van der Waals surface area contributed by atoms with Crippen molar-refractivity contribution in [2.24, 2.45) is 0 Å². The van der Waals surface area contributed by atoms with Gasteiger partial charge < -0.3 is 9.47 Å². The minimum atomic E-state index is 0.115. The minimum Gasteiger partial charge on any atom is -0.338 e. The largest absolute Gasteiger partial charge is 0.338 e. The summed E-state index contributed by atoms with van der Waals surface area (Å²) in [5.74, 6) is 0.115. The van der Waals surface area contributed by atoms with E-state index in [9.17, 15) is 4.79 Å². The average Bonchev–Trinajstić information content (AvgIpc) is 3.12. The Morgan fingerprint density at radius 2 is 1.86 bits per heavy atom. The summed E-state index contributed by atoms with van der Waals surface area (Å²) >= 11 is 1.69. The molecule has 0 bridgehead atoms. The smallest absolute Gasteiger partial charge is 0.270 e. The zero-order valence-electron chi connectivity index (χ0n) is 13.0. The molecule has 0 radical (unpaired) electrons. The molecule has 0 fully saturated rings. The number of nitrogens with zero attached hydrogens (tertiary/aromatic N) is 2. The lowest BCUT2D eigenvalue weighted by molar-refractivity contribution is 0.0763. The van der Waals surface area contributed by atoms with E-state index in [4.69, 9.17) is 0 Å². The first-order valence-corrected chi connectivity index (χ1v) is 8.52. The summed E-state index contributed by atoms with van der Waals surface area (Å²) in [5, 5.41) is 2.08. The van der Waals surface area contributed by atoms with Gasteiger partial charge in [0, 0.05) is 19.6 Å². The number of aromatic nitrogens is 1. The molecule has 0 saturated carbocycles. The normalized spacial score (nSPS) is 11.0. The van der Waals surface area contributed by atoms with Crippen molar-refractivity contribution >= 4 is 27.5 Å². The highest BCUT2D eigenvalue weighted by Gasteiger charge is 2.20. The lowest BCUT2D eigenvalue weighted by Gasteiger charge is -2.20. The number of amides is 1. The third-order valence-electron chi connectivity index (χ3n) is 3.98. The van der Waals surface area contributed by atoms with Gasteiger partial charge in [0.05, 0.1) is 10.2 Å². The van der Waals surface area contributed by atoms with E-state index in [2.05, 4.69) is 28.1 Å². The van der Waals surface area contributed by atoms with Crippen LogP contribution in [0.2, 0.25) is 0 Å². The molecule has 114 valence electrons. The molecular weight excluding hydrogens is 292 g/mol. The molecule has 0 unspecified atom stereocenters. The Labute approximate surface area is 134 Å². The van der Waals surface area contributed by atoms with Crippen molar-refractivity contribution in [3.8, 4) is 0 Å². The Kier molecular flexibility index (Phi) is 4.29. The van der Waals surface area contributed by atoms with Gasteiger partial charge in [-0.25, -0.2) is 0 Å². The second kappa shape index (κ2) is 6.36. The van der Waals surface area contributed by atoms with Crippen LogP contribution in [-0.2, 0) is 6.54 Å².